The van der Waals surface area contributed by atoms with Crippen LogP contribution < -0.4 is 5.32 Å². The van der Waals surface area contributed by atoms with Gasteiger partial charge in [0.15, 0.2) is 0 Å². The van der Waals surface area contributed by atoms with Crippen LogP contribution in [0.3, 0.4) is 0 Å². The molecule has 0 aromatic carbocycles. The molecule has 0 aromatic rings. The molecule has 0 radical (unpaired) electrons. The summed E-state index contributed by atoms with van der Waals surface area (Å²) in [6.45, 7) is 12.1. The molecule has 1 N–H and O–H groups in total. The van der Waals surface area contributed by atoms with Gasteiger partial charge in [0.05, 0.1) is 0 Å². The molecule has 2 fully saturated rings. The predicted octanol–water partition coefficient (Wildman–Crippen LogP) is 2.02. The average molecular weight is 208 g/mol. The fraction of sp³-hybridized carbons (Fsp3) is 0.846. The number of nitrogens with one attached hydrogen (secondary N) is 1. The molecule has 1 aliphatic heterocycles. The van der Waals surface area contributed by atoms with Gasteiger partial charge in [-0.05, 0) is 39.0 Å². The van der Waals surface area contributed by atoms with E-state index in [9.17, 15) is 0 Å². The Balaban J connectivity index is 1.93. The third-order valence-corrected chi connectivity index (χ3v) is 4.06. The second-order valence-corrected chi connectivity index (χ2v) is 5.47. The average Bonchev–Trinajstić information content (AvgIpc) is 3.03. The van der Waals surface area contributed by atoms with E-state index < -0.39 is 0 Å². The Kier molecular flexibility index (Phi) is 3.17. The topological polar surface area (TPSA) is 15.3 Å². The predicted molar refractivity (Wildman–Crippen MR) is 65.0 cm³/mol. The maximum absolute atomic E-state index is 3.81. The lowest BCUT2D eigenvalue weighted by Crippen LogP contribution is -2.63. The lowest BCUT2D eigenvalue weighted by atomic mass is 9.91. The van der Waals surface area contributed by atoms with Crippen molar-refractivity contribution in [2.24, 2.45) is 5.92 Å². The van der Waals surface area contributed by atoms with E-state index in [1.165, 1.54) is 25.9 Å². The van der Waals surface area contributed by atoms with Crippen molar-refractivity contribution in [2.45, 2.75) is 44.7 Å². The molecule has 0 aromatic heterocycles. The summed E-state index contributed by atoms with van der Waals surface area (Å²) in [4.78, 5) is 2.62. The van der Waals surface area contributed by atoms with Crippen molar-refractivity contribution in [1.29, 1.82) is 0 Å². The molecule has 15 heavy (non-hydrogen) atoms. The molecule has 1 saturated carbocycles. The van der Waals surface area contributed by atoms with E-state index in [2.05, 4.69) is 30.6 Å². The number of rotatable bonds is 4. The highest BCUT2D eigenvalue weighted by Gasteiger charge is 2.44. The van der Waals surface area contributed by atoms with Crippen molar-refractivity contribution in [2.75, 3.05) is 19.6 Å². The van der Waals surface area contributed by atoms with Gasteiger partial charge in [0.1, 0.15) is 0 Å². The van der Waals surface area contributed by atoms with Gasteiger partial charge < -0.3 is 5.32 Å². The van der Waals surface area contributed by atoms with Crippen molar-refractivity contribution in [1.82, 2.24) is 10.2 Å². The number of hydrogen-bond acceptors (Lipinski definition) is 2. The minimum atomic E-state index is 0.383. The van der Waals surface area contributed by atoms with Crippen molar-refractivity contribution in [3.63, 3.8) is 0 Å². The molecule has 2 rings (SSSR count). The smallest absolute Gasteiger partial charge is 0.0309 e. The minimum Gasteiger partial charge on any atom is -0.308 e. The first kappa shape index (κ1) is 11.2. The summed E-state index contributed by atoms with van der Waals surface area (Å²) in [5.74, 6) is 0.927. The molecule has 2 unspecified atom stereocenters. The van der Waals surface area contributed by atoms with Crippen molar-refractivity contribution in [3.05, 3.63) is 12.7 Å². The first-order valence-corrected chi connectivity index (χ1v) is 6.26. The van der Waals surface area contributed by atoms with E-state index in [0.29, 0.717) is 11.6 Å². The van der Waals surface area contributed by atoms with E-state index >= 15 is 0 Å². The summed E-state index contributed by atoms with van der Waals surface area (Å²) in [7, 11) is 0. The quantitative estimate of drug-likeness (QED) is 0.711. The molecule has 0 bridgehead atoms. The van der Waals surface area contributed by atoms with Crippen molar-refractivity contribution in [3.8, 4) is 0 Å². The molecule has 1 heterocycles. The third kappa shape index (κ3) is 2.43. The summed E-state index contributed by atoms with van der Waals surface area (Å²) in [6.07, 6.45) is 5.99. The Hall–Kier alpha value is -0.340. The zero-order valence-electron chi connectivity index (χ0n) is 10.1. The minimum absolute atomic E-state index is 0.383. The van der Waals surface area contributed by atoms with Gasteiger partial charge in [-0.3, -0.25) is 4.90 Å². The van der Waals surface area contributed by atoms with E-state index in [0.717, 1.165) is 18.9 Å². The Bertz CT molecular complexity index is 235. The molecule has 2 heteroatoms. The van der Waals surface area contributed by atoms with Crippen molar-refractivity contribution < 1.29 is 0 Å². The molecule has 2 aliphatic rings. The van der Waals surface area contributed by atoms with Crippen LogP contribution in [0.2, 0.25) is 0 Å². The Morgan fingerprint density at radius 2 is 2.27 bits per heavy atom. The zero-order chi connectivity index (χ0) is 10.9. The molecule has 2 atom stereocenters. The SMILES string of the molecule is C=CCCN1CC(C)(C2CC2)NCC1C. The van der Waals surface area contributed by atoms with Crippen LogP contribution in [0.5, 0.6) is 0 Å². The van der Waals surface area contributed by atoms with Gasteiger partial charge in [-0.1, -0.05) is 6.08 Å². The van der Waals surface area contributed by atoms with Gasteiger partial charge >= 0.3 is 0 Å². The van der Waals surface area contributed by atoms with E-state index in [1.54, 1.807) is 0 Å². The standard InChI is InChI=1S/C13H24N2/c1-4-5-8-15-10-13(3,12-6-7-12)14-9-11(15)2/h4,11-12,14H,1,5-10H2,2-3H3. The highest BCUT2D eigenvalue weighted by atomic mass is 15.2. The lowest BCUT2D eigenvalue weighted by molar-refractivity contribution is 0.0850. The second kappa shape index (κ2) is 4.26. The van der Waals surface area contributed by atoms with Gasteiger partial charge in [0.2, 0.25) is 0 Å². The van der Waals surface area contributed by atoms with Crippen LogP contribution >= 0.6 is 0 Å². The van der Waals surface area contributed by atoms with E-state index in [-0.39, 0.29) is 0 Å². The first-order valence-electron chi connectivity index (χ1n) is 6.26. The van der Waals surface area contributed by atoms with Crippen LogP contribution in [0, 0.1) is 5.92 Å². The van der Waals surface area contributed by atoms with Gasteiger partial charge in [-0.25, -0.2) is 0 Å². The van der Waals surface area contributed by atoms with Crippen LogP contribution in [0.25, 0.3) is 0 Å². The van der Waals surface area contributed by atoms with Crippen LogP contribution in [-0.2, 0) is 0 Å². The maximum atomic E-state index is 3.81. The lowest BCUT2D eigenvalue weighted by Gasteiger charge is -2.45. The fourth-order valence-corrected chi connectivity index (χ4v) is 2.69. The van der Waals surface area contributed by atoms with Crippen LogP contribution in [-0.4, -0.2) is 36.1 Å². The van der Waals surface area contributed by atoms with E-state index in [1.807, 2.05) is 6.08 Å². The molecule has 2 nitrogen and oxygen atoms in total. The third-order valence-electron chi connectivity index (χ3n) is 4.06. The highest BCUT2D eigenvalue weighted by Crippen LogP contribution is 2.41. The normalized spacial score (nSPS) is 37.9. The Labute approximate surface area is 93.7 Å². The largest absolute Gasteiger partial charge is 0.308 e. The zero-order valence-corrected chi connectivity index (χ0v) is 10.1. The maximum Gasteiger partial charge on any atom is 0.0309 e. The first-order chi connectivity index (χ1) is 7.15. The highest BCUT2D eigenvalue weighted by molar-refractivity contribution is 5.03. The molecule has 1 saturated heterocycles. The van der Waals surface area contributed by atoms with Crippen LogP contribution in [0.15, 0.2) is 12.7 Å². The second-order valence-electron chi connectivity index (χ2n) is 5.47. The van der Waals surface area contributed by atoms with Gasteiger partial charge in [-0.2, -0.15) is 0 Å². The number of piperazine rings is 1. The summed E-state index contributed by atoms with van der Waals surface area (Å²) in [6, 6.07) is 0.678. The Morgan fingerprint density at radius 3 is 2.87 bits per heavy atom. The number of hydrogen-bond donors (Lipinski definition) is 1. The molecule has 1 aliphatic carbocycles. The van der Waals surface area contributed by atoms with Gasteiger partial charge in [0, 0.05) is 31.2 Å². The molecule has 86 valence electrons. The van der Waals surface area contributed by atoms with Gasteiger partial charge in [-0.15, -0.1) is 6.58 Å². The molecule has 0 amide bonds. The number of nitrogens with zero attached hydrogens (tertiary/aromatic N) is 1. The van der Waals surface area contributed by atoms with E-state index in [4.69, 9.17) is 0 Å². The Morgan fingerprint density at radius 1 is 1.53 bits per heavy atom. The summed E-state index contributed by atoms with van der Waals surface area (Å²) in [5.41, 5.74) is 0.383. The van der Waals surface area contributed by atoms with Crippen LogP contribution in [0.1, 0.15) is 33.1 Å². The van der Waals surface area contributed by atoms with Crippen LogP contribution in [0.4, 0.5) is 0 Å². The summed E-state index contributed by atoms with van der Waals surface area (Å²) >= 11 is 0. The molecule has 0 spiro atoms. The summed E-state index contributed by atoms with van der Waals surface area (Å²) < 4.78 is 0. The van der Waals surface area contributed by atoms with Crippen molar-refractivity contribution >= 4 is 0 Å². The molecular formula is C13H24N2. The van der Waals surface area contributed by atoms with Gasteiger partial charge in [0.25, 0.3) is 0 Å². The summed E-state index contributed by atoms with van der Waals surface area (Å²) in [5, 5.41) is 3.75. The molecular weight excluding hydrogens is 184 g/mol. The fourth-order valence-electron chi connectivity index (χ4n) is 2.69. The monoisotopic (exact) mass is 208 g/mol.